The number of rotatable bonds is 3. The summed E-state index contributed by atoms with van der Waals surface area (Å²) in [6.45, 7) is 5.59. The molecule has 6 rings (SSSR count). The van der Waals surface area contributed by atoms with Gasteiger partial charge in [-0.3, -0.25) is 9.47 Å². The Labute approximate surface area is 186 Å². The highest BCUT2D eigenvalue weighted by atomic mass is 35.5. The summed E-state index contributed by atoms with van der Waals surface area (Å²) in [5.74, 6) is 3.70. The summed E-state index contributed by atoms with van der Waals surface area (Å²) >= 11 is 6.28. The molecule has 1 spiro atoms. The van der Waals surface area contributed by atoms with E-state index in [2.05, 4.69) is 53.6 Å². The van der Waals surface area contributed by atoms with Crippen LogP contribution in [0.2, 0.25) is 5.02 Å². The molecule has 9 heteroatoms. The summed E-state index contributed by atoms with van der Waals surface area (Å²) in [5, 5.41) is 9.86. The van der Waals surface area contributed by atoms with E-state index in [0.717, 1.165) is 73.3 Å². The number of hydrogen-bond acceptors (Lipinski definition) is 7. The molecule has 5 heterocycles. The van der Waals surface area contributed by atoms with E-state index in [4.69, 9.17) is 16.3 Å². The quantitative estimate of drug-likeness (QED) is 0.624. The molecule has 0 aliphatic carbocycles. The summed E-state index contributed by atoms with van der Waals surface area (Å²) in [5.41, 5.74) is 2.63. The van der Waals surface area contributed by atoms with Crippen LogP contribution in [-0.2, 0) is 13.1 Å². The minimum absolute atomic E-state index is 0.304. The minimum atomic E-state index is 0.304. The van der Waals surface area contributed by atoms with Crippen LogP contribution in [0.15, 0.2) is 36.5 Å². The van der Waals surface area contributed by atoms with Gasteiger partial charge in [0.25, 0.3) is 0 Å². The maximum atomic E-state index is 6.28. The van der Waals surface area contributed by atoms with Crippen molar-refractivity contribution in [3.63, 3.8) is 0 Å². The molecule has 3 aliphatic heterocycles. The largest absolute Gasteiger partial charge is 0.495 e. The van der Waals surface area contributed by atoms with E-state index in [0.29, 0.717) is 5.41 Å². The third-order valence-corrected chi connectivity index (χ3v) is 6.75. The number of halogens is 1. The zero-order valence-corrected chi connectivity index (χ0v) is 18.4. The predicted molar refractivity (Wildman–Crippen MR) is 119 cm³/mol. The second-order valence-corrected chi connectivity index (χ2v) is 9.40. The molecular weight excluding hydrogens is 414 g/mol. The van der Waals surface area contributed by atoms with E-state index in [1.165, 1.54) is 5.56 Å². The number of methoxy groups -OCH3 is 1. The van der Waals surface area contributed by atoms with Crippen LogP contribution in [-0.4, -0.2) is 65.0 Å². The van der Waals surface area contributed by atoms with Crippen molar-refractivity contribution in [2.24, 2.45) is 5.41 Å². The molecule has 3 aromatic rings. The fraction of sp³-hybridized carbons (Fsp3) is 0.409. The molecule has 2 saturated heterocycles. The van der Waals surface area contributed by atoms with Crippen LogP contribution in [0.5, 0.6) is 5.75 Å². The molecule has 0 atom stereocenters. The Hall–Kier alpha value is -2.84. The summed E-state index contributed by atoms with van der Waals surface area (Å²) in [6, 6.07) is 10.1. The molecule has 0 saturated carbocycles. The smallest absolute Gasteiger partial charge is 0.231 e. The minimum Gasteiger partial charge on any atom is -0.495 e. The normalized spacial score (nSPS) is 19.3. The van der Waals surface area contributed by atoms with Gasteiger partial charge < -0.3 is 14.5 Å². The molecule has 3 aliphatic rings. The van der Waals surface area contributed by atoms with Gasteiger partial charge in [-0.05, 0) is 42.9 Å². The van der Waals surface area contributed by atoms with E-state index in [9.17, 15) is 0 Å². The lowest BCUT2D eigenvalue weighted by molar-refractivity contribution is 0.153. The standard InChI is InChI=1S/C22H24ClN7O/c1-27-9-15-7-16(23)3-5-18(15)30-20(10-27)25-26-21(30)29-13-22(14-29)11-28(12-22)19-6-4-17(31-2)8-24-19/h3-8H,9-14H2,1-2H3. The summed E-state index contributed by atoms with van der Waals surface area (Å²) < 4.78 is 7.42. The predicted octanol–water partition coefficient (Wildman–Crippen LogP) is 2.60. The number of aromatic nitrogens is 4. The van der Waals surface area contributed by atoms with Gasteiger partial charge in [-0.1, -0.05) is 11.6 Å². The topological polar surface area (TPSA) is 62.6 Å². The van der Waals surface area contributed by atoms with Crippen molar-refractivity contribution in [1.29, 1.82) is 0 Å². The van der Waals surface area contributed by atoms with Crippen LogP contribution in [0, 0.1) is 5.41 Å². The highest BCUT2D eigenvalue weighted by Gasteiger charge is 2.53. The molecular formula is C22H24ClN7O. The molecule has 0 radical (unpaired) electrons. The second-order valence-electron chi connectivity index (χ2n) is 8.97. The third-order valence-electron chi connectivity index (χ3n) is 6.52. The second kappa shape index (κ2) is 6.83. The Kier molecular flexibility index (Phi) is 4.16. The molecule has 8 nitrogen and oxygen atoms in total. The van der Waals surface area contributed by atoms with Gasteiger partial charge in [-0.2, -0.15) is 0 Å². The Morgan fingerprint density at radius 3 is 2.55 bits per heavy atom. The molecule has 2 fully saturated rings. The lowest BCUT2D eigenvalue weighted by atomic mass is 9.73. The first kappa shape index (κ1) is 18.9. The maximum Gasteiger partial charge on any atom is 0.231 e. The molecule has 1 aromatic carbocycles. The van der Waals surface area contributed by atoms with Crippen LogP contribution < -0.4 is 14.5 Å². The SMILES string of the molecule is COc1ccc(N2CC3(C2)CN(c2nnc4n2-c2ccc(Cl)cc2CN(C)C4)C3)nc1. The van der Waals surface area contributed by atoms with Gasteiger partial charge in [-0.15, -0.1) is 10.2 Å². The van der Waals surface area contributed by atoms with Crippen molar-refractivity contribution in [2.75, 3.05) is 50.1 Å². The van der Waals surface area contributed by atoms with Crippen molar-refractivity contribution < 1.29 is 4.74 Å². The highest BCUT2D eigenvalue weighted by Crippen LogP contribution is 2.44. The molecule has 0 N–H and O–H groups in total. The van der Waals surface area contributed by atoms with Gasteiger partial charge in [0.05, 0.1) is 25.5 Å². The Morgan fingerprint density at radius 1 is 1.00 bits per heavy atom. The van der Waals surface area contributed by atoms with Gasteiger partial charge >= 0.3 is 0 Å². The molecule has 0 amide bonds. The van der Waals surface area contributed by atoms with Crippen molar-refractivity contribution >= 4 is 23.4 Å². The zero-order valence-electron chi connectivity index (χ0n) is 17.6. The molecule has 0 bridgehead atoms. The van der Waals surface area contributed by atoms with Crippen LogP contribution in [0.25, 0.3) is 5.69 Å². The lowest BCUT2D eigenvalue weighted by Crippen LogP contribution is -2.73. The number of anilines is 2. The fourth-order valence-electron chi connectivity index (χ4n) is 5.06. The first-order chi connectivity index (χ1) is 15.0. The van der Waals surface area contributed by atoms with Crippen molar-refractivity contribution in [3.05, 3.63) is 52.9 Å². The molecule has 0 unspecified atom stereocenters. The molecule has 160 valence electrons. The highest BCUT2D eigenvalue weighted by molar-refractivity contribution is 6.30. The van der Waals surface area contributed by atoms with Crippen molar-refractivity contribution in [2.45, 2.75) is 13.1 Å². The van der Waals surface area contributed by atoms with Gasteiger partial charge in [0.2, 0.25) is 5.95 Å². The van der Waals surface area contributed by atoms with Gasteiger partial charge in [-0.25, -0.2) is 4.98 Å². The first-order valence-electron chi connectivity index (χ1n) is 10.5. The van der Waals surface area contributed by atoms with E-state index >= 15 is 0 Å². The summed E-state index contributed by atoms with van der Waals surface area (Å²) in [6.07, 6.45) is 1.78. The number of ether oxygens (including phenoxy) is 1. The van der Waals surface area contributed by atoms with Crippen molar-refractivity contribution in [3.8, 4) is 11.4 Å². The number of fused-ring (bicyclic) bond motifs is 3. The van der Waals surface area contributed by atoms with Crippen LogP contribution in [0.3, 0.4) is 0 Å². The average molecular weight is 438 g/mol. The van der Waals surface area contributed by atoms with Gasteiger partial charge in [0.15, 0.2) is 5.82 Å². The Balaban J connectivity index is 1.21. The van der Waals surface area contributed by atoms with E-state index < -0.39 is 0 Å². The first-order valence-corrected chi connectivity index (χ1v) is 10.8. The monoisotopic (exact) mass is 437 g/mol. The maximum absolute atomic E-state index is 6.28. The van der Waals surface area contributed by atoms with Crippen molar-refractivity contribution in [1.82, 2.24) is 24.6 Å². The zero-order chi connectivity index (χ0) is 21.2. The van der Waals surface area contributed by atoms with Crippen LogP contribution in [0.1, 0.15) is 11.4 Å². The number of nitrogens with zero attached hydrogens (tertiary/aromatic N) is 7. The fourth-order valence-corrected chi connectivity index (χ4v) is 5.25. The molecule has 2 aromatic heterocycles. The molecule has 31 heavy (non-hydrogen) atoms. The third kappa shape index (κ3) is 3.04. The van der Waals surface area contributed by atoms with Crippen LogP contribution in [0.4, 0.5) is 11.8 Å². The van der Waals surface area contributed by atoms with E-state index in [-0.39, 0.29) is 0 Å². The number of hydrogen-bond donors (Lipinski definition) is 0. The van der Waals surface area contributed by atoms with Gasteiger partial charge in [0, 0.05) is 43.2 Å². The average Bonchev–Trinajstić information content (AvgIpc) is 3.03. The summed E-state index contributed by atoms with van der Waals surface area (Å²) in [7, 11) is 3.76. The van der Waals surface area contributed by atoms with Gasteiger partial charge in [0.1, 0.15) is 11.6 Å². The Bertz CT molecular complexity index is 1130. The van der Waals surface area contributed by atoms with Crippen LogP contribution >= 0.6 is 11.6 Å². The number of pyridine rings is 1. The lowest BCUT2D eigenvalue weighted by Gasteiger charge is -2.60. The van der Waals surface area contributed by atoms with E-state index in [1.54, 1.807) is 13.3 Å². The summed E-state index contributed by atoms with van der Waals surface area (Å²) in [4.78, 5) is 11.4. The Morgan fingerprint density at radius 2 is 1.81 bits per heavy atom. The number of benzene rings is 1. The van der Waals surface area contributed by atoms with E-state index in [1.807, 2.05) is 18.2 Å².